The van der Waals surface area contributed by atoms with E-state index < -0.39 is 0 Å². The molecule has 1 aromatic carbocycles. The van der Waals surface area contributed by atoms with E-state index in [9.17, 15) is 9.18 Å². The van der Waals surface area contributed by atoms with Crippen molar-refractivity contribution in [3.8, 4) is 0 Å². The SMILES string of the molecule is CC1CN(C)C(CCN)C(=O)N1c1ccccc1F. The van der Waals surface area contributed by atoms with Crippen molar-refractivity contribution in [2.24, 2.45) is 5.73 Å². The van der Waals surface area contributed by atoms with Crippen LogP contribution in [0.2, 0.25) is 0 Å². The first-order valence-corrected chi connectivity index (χ1v) is 6.54. The van der Waals surface area contributed by atoms with Crippen LogP contribution in [0.4, 0.5) is 10.1 Å². The molecule has 1 aliphatic rings. The topological polar surface area (TPSA) is 49.6 Å². The van der Waals surface area contributed by atoms with Crippen molar-refractivity contribution in [3.63, 3.8) is 0 Å². The van der Waals surface area contributed by atoms with Crippen molar-refractivity contribution in [2.75, 3.05) is 25.0 Å². The Labute approximate surface area is 113 Å². The Morgan fingerprint density at radius 3 is 2.74 bits per heavy atom. The van der Waals surface area contributed by atoms with Crippen molar-refractivity contribution >= 4 is 11.6 Å². The molecule has 1 aliphatic heterocycles. The van der Waals surface area contributed by atoms with E-state index in [0.717, 1.165) is 0 Å². The maximum Gasteiger partial charge on any atom is 0.244 e. The van der Waals surface area contributed by atoms with E-state index in [1.807, 2.05) is 18.9 Å². The Morgan fingerprint density at radius 1 is 1.42 bits per heavy atom. The van der Waals surface area contributed by atoms with Gasteiger partial charge in [0, 0.05) is 12.6 Å². The standard InChI is InChI=1S/C14H20FN3O/c1-10-9-17(2)13(7-8-16)14(19)18(10)12-6-4-3-5-11(12)15/h3-6,10,13H,7-9,16H2,1-2H3. The van der Waals surface area contributed by atoms with Crippen LogP contribution in [0.5, 0.6) is 0 Å². The number of carbonyl (C=O) groups is 1. The molecule has 0 spiro atoms. The maximum atomic E-state index is 13.9. The Morgan fingerprint density at radius 2 is 2.11 bits per heavy atom. The lowest BCUT2D eigenvalue weighted by molar-refractivity contribution is -0.126. The van der Waals surface area contributed by atoms with Gasteiger partial charge in [-0.25, -0.2) is 4.39 Å². The number of amides is 1. The summed E-state index contributed by atoms with van der Waals surface area (Å²) < 4.78 is 13.9. The van der Waals surface area contributed by atoms with Gasteiger partial charge in [0.2, 0.25) is 5.91 Å². The van der Waals surface area contributed by atoms with Crippen molar-refractivity contribution in [1.82, 2.24) is 4.90 Å². The first-order valence-electron chi connectivity index (χ1n) is 6.54. The monoisotopic (exact) mass is 265 g/mol. The fourth-order valence-corrected chi connectivity index (χ4v) is 2.70. The van der Waals surface area contributed by atoms with Crippen molar-refractivity contribution in [2.45, 2.75) is 25.4 Å². The van der Waals surface area contributed by atoms with Gasteiger partial charge in [-0.1, -0.05) is 12.1 Å². The molecule has 19 heavy (non-hydrogen) atoms. The molecule has 2 atom stereocenters. The molecule has 0 aliphatic carbocycles. The molecule has 2 unspecified atom stereocenters. The third-order valence-corrected chi connectivity index (χ3v) is 3.60. The number of hydrogen-bond acceptors (Lipinski definition) is 3. The molecule has 104 valence electrons. The predicted octanol–water partition coefficient (Wildman–Crippen LogP) is 1.21. The van der Waals surface area contributed by atoms with Crippen LogP contribution in [0.3, 0.4) is 0 Å². The smallest absolute Gasteiger partial charge is 0.244 e. The summed E-state index contributed by atoms with van der Waals surface area (Å²) in [6.07, 6.45) is 0.590. The lowest BCUT2D eigenvalue weighted by Crippen LogP contribution is -2.60. The van der Waals surface area contributed by atoms with Crippen molar-refractivity contribution in [1.29, 1.82) is 0 Å². The minimum atomic E-state index is -0.362. The van der Waals surface area contributed by atoms with E-state index in [1.165, 1.54) is 6.07 Å². The molecule has 1 fully saturated rings. The number of hydrogen-bond donors (Lipinski definition) is 1. The van der Waals surface area contributed by atoms with Crippen LogP contribution in [0, 0.1) is 5.82 Å². The zero-order chi connectivity index (χ0) is 14.0. The number of likely N-dealkylation sites (N-methyl/N-ethyl adjacent to an activating group) is 1. The maximum absolute atomic E-state index is 13.9. The van der Waals surface area contributed by atoms with Gasteiger partial charge in [-0.2, -0.15) is 0 Å². The molecule has 2 rings (SSSR count). The van der Waals surface area contributed by atoms with E-state index >= 15 is 0 Å². The molecule has 5 heteroatoms. The average molecular weight is 265 g/mol. The number of carbonyl (C=O) groups excluding carboxylic acids is 1. The number of nitrogens with two attached hydrogens (primary N) is 1. The third kappa shape index (κ3) is 2.62. The second kappa shape index (κ2) is 5.67. The van der Waals surface area contributed by atoms with Gasteiger partial charge >= 0.3 is 0 Å². The van der Waals surface area contributed by atoms with E-state index in [4.69, 9.17) is 5.73 Å². The minimum absolute atomic E-state index is 0.0524. The first kappa shape index (κ1) is 14.0. The molecule has 1 aromatic rings. The van der Waals surface area contributed by atoms with Gasteiger partial charge in [-0.05, 0) is 39.1 Å². The lowest BCUT2D eigenvalue weighted by atomic mass is 10.0. The Bertz CT molecular complexity index is 466. The Kier molecular flexibility index (Phi) is 4.17. The summed E-state index contributed by atoms with van der Waals surface area (Å²) >= 11 is 0. The molecular formula is C14H20FN3O. The number of benzene rings is 1. The lowest BCUT2D eigenvalue weighted by Gasteiger charge is -2.43. The van der Waals surface area contributed by atoms with Crippen LogP contribution in [-0.4, -0.2) is 43.0 Å². The molecule has 1 amide bonds. The summed E-state index contributed by atoms with van der Waals surface area (Å²) in [5.74, 6) is -0.435. The quantitative estimate of drug-likeness (QED) is 0.893. The van der Waals surface area contributed by atoms with Gasteiger partial charge in [0.1, 0.15) is 5.82 Å². The predicted molar refractivity (Wildman–Crippen MR) is 73.4 cm³/mol. The Hall–Kier alpha value is -1.46. The summed E-state index contributed by atoms with van der Waals surface area (Å²) in [6, 6.07) is 6.08. The summed E-state index contributed by atoms with van der Waals surface area (Å²) in [4.78, 5) is 16.1. The molecule has 1 heterocycles. The van der Waals surface area contributed by atoms with Gasteiger partial charge in [0.15, 0.2) is 0 Å². The highest BCUT2D eigenvalue weighted by molar-refractivity contribution is 5.98. The zero-order valence-electron chi connectivity index (χ0n) is 11.3. The van der Waals surface area contributed by atoms with Gasteiger partial charge in [0.05, 0.1) is 11.7 Å². The van der Waals surface area contributed by atoms with Crippen molar-refractivity contribution in [3.05, 3.63) is 30.1 Å². The summed E-state index contributed by atoms with van der Waals surface area (Å²) in [5, 5.41) is 0. The number of halogens is 1. The molecule has 4 nitrogen and oxygen atoms in total. The van der Waals surface area contributed by atoms with Crippen LogP contribution < -0.4 is 10.6 Å². The molecule has 0 saturated carbocycles. The van der Waals surface area contributed by atoms with E-state index in [-0.39, 0.29) is 23.8 Å². The van der Waals surface area contributed by atoms with Gasteiger partial charge in [-0.15, -0.1) is 0 Å². The normalized spacial score (nSPS) is 24.8. The van der Waals surface area contributed by atoms with Crippen LogP contribution in [0.1, 0.15) is 13.3 Å². The molecule has 2 N–H and O–H groups in total. The minimum Gasteiger partial charge on any atom is -0.330 e. The summed E-state index contributed by atoms with van der Waals surface area (Å²) in [5.41, 5.74) is 5.92. The second-order valence-electron chi connectivity index (χ2n) is 5.04. The molecule has 0 radical (unpaired) electrons. The van der Waals surface area contributed by atoms with Crippen LogP contribution >= 0.6 is 0 Å². The van der Waals surface area contributed by atoms with E-state index in [0.29, 0.717) is 25.2 Å². The van der Waals surface area contributed by atoms with Gasteiger partial charge < -0.3 is 10.6 Å². The average Bonchev–Trinajstić information content (AvgIpc) is 2.36. The largest absolute Gasteiger partial charge is 0.330 e. The van der Waals surface area contributed by atoms with Crippen LogP contribution in [0.15, 0.2) is 24.3 Å². The highest BCUT2D eigenvalue weighted by Crippen LogP contribution is 2.26. The van der Waals surface area contributed by atoms with Crippen LogP contribution in [0.25, 0.3) is 0 Å². The Balaban J connectivity index is 2.33. The summed E-state index contributed by atoms with van der Waals surface area (Å²) in [7, 11) is 1.91. The van der Waals surface area contributed by atoms with Crippen molar-refractivity contribution < 1.29 is 9.18 Å². The number of para-hydroxylation sites is 1. The van der Waals surface area contributed by atoms with Gasteiger partial charge in [-0.3, -0.25) is 9.69 Å². The summed E-state index contributed by atoms with van der Waals surface area (Å²) in [6.45, 7) is 3.09. The first-order chi connectivity index (χ1) is 9.06. The number of piperazine rings is 1. The van der Waals surface area contributed by atoms with E-state index in [2.05, 4.69) is 0 Å². The number of nitrogens with zero attached hydrogens (tertiary/aromatic N) is 2. The zero-order valence-corrected chi connectivity index (χ0v) is 11.3. The fraction of sp³-hybridized carbons (Fsp3) is 0.500. The highest BCUT2D eigenvalue weighted by Gasteiger charge is 2.37. The molecule has 0 bridgehead atoms. The fourth-order valence-electron chi connectivity index (χ4n) is 2.70. The molecule has 0 aromatic heterocycles. The third-order valence-electron chi connectivity index (χ3n) is 3.60. The van der Waals surface area contributed by atoms with Crippen LogP contribution in [-0.2, 0) is 4.79 Å². The number of rotatable bonds is 3. The molecular weight excluding hydrogens is 245 g/mol. The number of anilines is 1. The van der Waals surface area contributed by atoms with Gasteiger partial charge in [0.25, 0.3) is 0 Å². The molecule has 1 saturated heterocycles. The second-order valence-corrected chi connectivity index (χ2v) is 5.04. The highest BCUT2D eigenvalue weighted by atomic mass is 19.1. The van der Waals surface area contributed by atoms with E-state index in [1.54, 1.807) is 23.1 Å².